The van der Waals surface area contributed by atoms with Crippen molar-refractivity contribution in [3.63, 3.8) is 0 Å². The molecule has 2 atom stereocenters. The van der Waals surface area contributed by atoms with Gasteiger partial charge in [-0.05, 0) is 73.1 Å². The van der Waals surface area contributed by atoms with Crippen LogP contribution in [0.5, 0.6) is 5.75 Å². The number of aromatic amines is 1. The van der Waals surface area contributed by atoms with Gasteiger partial charge in [0.05, 0.1) is 7.11 Å². The molecule has 2 heterocycles. The highest BCUT2D eigenvalue weighted by Gasteiger charge is 2.39. The number of fused-ring (bicyclic) bond motifs is 1. The van der Waals surface area contributed by atoms with Crippen LogP contribution in [0.25, 0.3) is 10.9 Å². The van der Waals surface area contributed by atoms with Gasteiger partial charge < -0.3 is 19.9 Å². The molecule has 1 saturated heterocycles. The van der Waals surface area contributed by atoms with E-state index in [0.717, 1.165) is 43.6 Å². The molecule has 5 rings (SSSR count). The molecule has 2 aliphatic rings. The Morgan fingerprint density at radius 3 is 2.62 bits per heavy atom. The number of benzene rings is 2. The third kappa shape index (κ3) is 3.97. The standard InChI is InChI=1S/C26H29N3O3/c1-16-12-21(16)25(30)28-19-5-3-4-18(13-19)26(31)29-10-8-17(9-11-29)23-15-27-24-7-6-20(32-2)14-22(23)24/h3-7,13-17,21,27H,8-12H2,1-2H3,(H,28,30). The van der Waals surface area contributed by atoms with Gasteiger partial charge >= 0.3 is 0 Å². The second-order valence-electron chi connectivity index (χ2n) is 9.11. The molecule has 6 heteroatoms. The molecule has 2 aromatic carbocycles. The van der Waals surface area contributed by atoms with E-state index in [2.05, 4.69) is 29.5 Å². The summed E-state index contributed by atoms with van der Waals surface area (Å²) in [6.07, 6.45) is 4.89. The van der Waals surface area contributed by atoms with Gasteiger partial charge in [0.15, 0.2) is 0 Å². The van der Waals surface area contributed by atoms with Gasteiger partial charge in [-0.3, -0.25) is 9.59 Å². The molecule has 2 N–H and O–H groups in total. The van der Waals surface area contributed by atoms with Crippen molar-refractivity contribution in [2.45, 2.75) is 32.1 Å². The van der Waals surface area contributed by atoms with E-state index in [-0.39, 0.29) is 17.7 Å². The Morgan fingerprint density at radius 2 is 1.91 bits per heavy atom. The lowest BCUT2D eigenvalue weighted by molar-refractivity contribution is -0.117. The molecule has 0 spiro atoms. The summed E-state index contributed by atoms with van der Waals surface area (Å²) in [5.74, 6) is 1.91. The summed E-state index contributed by atoms with van der Waals surface area (Å²) in [6, 6.07) is 13.4. The zero-order valence-corrected chi connectivity index (χ0v) is 18.6. The Morgan fingerprint density at radius 1 is 1.12 bits per heavy atom. The van der Waals surface area contributed by atoms with E-state index in [0.29, 0.717) is 23.1 Å². The Kier molecular flexibility index (Phi) is 5.37. The van der Waals surface area contributed by atoms with E-state index >= 15 is 0 Å². The van der Waals surface area contributed by atoms with Gasteiger partial charge in [0.2, 0.25) is 5.91 Å². The molecule has 2 fully saturated rings. The van der Waals surface area contributed by atoms with E-state index in [9.17, 15) is 9.59 Å². The fourth-order valence-electron chi connectivity index (χ4n) is 4.81. The molecule has 0 radical (unpaired) electrons. The molecular weight excluding hydrogens is 402 g/mol. The fourth-order valence-corrected chi connectivity index (χ4v) is 4.81. The van der Waals surface area contributed by atoms with Crippen molar-refractivity contribution in [2.24, 2.45) is 11.8 Å². The molecule has 166 valence electrons. The van der Waals surface area contributed by atoms with Crippen LogP contribution in [-0.4, -0.2) is 41.9 Å². The van der Waals surface area contributed by atoms with Gasteiger partial charge in [-0.2, -0.15) is 0 Å². The average molecular weight is 432 g/mol. The molecule has 2 amide bonds. The van der Waals surface area contributed by atoms with Gasteiger partial charge in [0.1, 0.15) is 5.75 Å². The largest absolute Gasteiger partial charge is 0.497 e. The van der Waals surface area contributed by atoms with Crippen molar-refractivity contribution in [3.8, 4) is 5.75 Å². The SMILES string of the molecule is COc1ccc2[nH]cc(C3CCN(C(=O)c4cccc(NC(=O)C5CC5C)c4)CC3)c2c1. The van der Waals surface area contributed by atoms with Gasteiger partial charge in [0, 0.05) is 47.4 Å². The number of anilines is 1. The van der Waals surface area contributed by atoms with Crippen molar-refractivity contribution in [2.75, 3.05) is 25.5 Å². The minimum absolute atomic E-state index is 0.0277. The first-order valence-electron chi connectivity index (χ1n) is 11.4. The lowest BCUT2D eigenvalue weighted by atomic mass is 9.89. The minimum atomic E-state index is 0.0277. The first kappa shape index (κ1) is 20.6. The summed E-state index contributed by atoms with van der Waals surface area (Å²) in [7, 11) is 1.68. The van der Waals surface area contributed by atoms with Crippen LogP contribution in [0.15, 0.2) is 48.7 Å². The fraction of sp³-hybridized carbons (Fsp3) is 0.385. The predicted octanol–water partition coefficient (Wildman–Crippen LogP) is 4.79. The van der Waals surface area contributed by atoms with Crippen molar-refractivity contribution < 1.29 is 14.3 Å². The van der Waals surface area contributed by atoms with Crippen LogP contribution in [0.1, 0.15) is 48.0 Å². The maximum Gasteiger partial charge on any atom is 0.253 e. The van der Waals surface area contributed by atoms with Gasteiger partial charge in [0.25, 0.3) is 5.91 Å². The van der Waals surface area contributed by atoms with Crippen molar-refractivity contribution in [1.29, 1.82) is 0 Å². The third-order valence-electron chi connectivity index (χ3n) is 6.97. The number of likely N-dealkylation sites (tertiary alicyclic amines) is 1. The number of aromatic nitrogens is 1. The molecular formula is C26H29N3O3. The topological polar surface area (TPSA) is 74.4 Å². The smallest absolute Gasteiger partial charge is 0.253 e. The number of nitrogens with one attached hydrogen (secondary N) is 2. The molecule has 1 saturated carbocycles. The van der Waals surface area contributed by atoms with Crippen LogP contribution in [0.3, 0.4) is 0 Å². The summed E-state index contributed by atoms with van der Waals surface area (Å²) in [4.78, 5) is 30.6. The molecule has 1 aliphatic heterocycles. The van der Waals surface area contributed by atoms with Crippen LogP contribution >= 0.6 is 0 Å². The maximum absolute atomic E-state index is 13.1. The monoisotopic (exact) mass is 431 g/mol. The quantitative estimate of drug-likeness (QED) is 0.610. The van der Waals surface area contributed by atoms with E-state index in [1.807, 2.05) is 35.2 Å². The van der Waals surface area contributed by atoms with Gasteiger partial charge in [-0.25, -0.2) is 0 Å². The van der Waals surface area contributed by atoms with E-state index in [1.54, 1.807) is 13.2 Å². The van der Waals surface area contributed by atoms with Crippen LogP contribution in [0.2, 0.25) is 0 Å². The Balaban J connectivity index is 1.24. The zero-order chi connectivity index (χ0) is 22.2. The third-order valence-corrected chi connectivity index (χ3v) is 6.97. The highest BCUT2D eigenvalue weighted by Crippen LogP contribution is 2.38. The summed E-state index contributed by atoms with van der Waals surface area (Å²) in [5.41, 5.74) is 3.73. The van der Waals surface area contributed by atoms with Crippen molar-refractivity contribution >= 4 is 28.4 Å². The van der Waals surface area contributed by atoms with Gasteiger partial charge in [-0.1, -0.05) is 13.0 Å². The highest BCUT2D eigenvalue weighted by atomic mass is 16.5. The number of nitrogens with zero attached hydrogens (tertiary/aromatic N) is 1. The predicted molar refractivity (Wildman–Crippen MR) is 125 cm³/mol. The molecule has 0 bridgehead atoms. The highest BCUT2D eigenvalue weighted by molar-refractivity contribution is 5.98. The Bertz CT molecular complexity index is 1160. The number of ether oxygens (including phenoxy) is 1. The summed E-state index contributed by atoms with van der Waals surface area (Å²) in [5, 5.41) is 4.16. The van der Waals surface area contributed by atoms with Crippen LogP contribution in [0.4, 0.5) is 5.69 Å². The number of carbonyl (C=O) groups is 2. The Hall–Kier alpha value is -3.28. The number of piperidine rings is 1. The molecule has 1 aromatic heterocycles. The van der Waals surface area contributed by atoms with Crippen LogP contribution in [-0.2, 0) is 4.79 Å². The molecule has 2 unspecified atom stereocenters. The lowest BCUT2D eigenvalue weighted by Crippen LogP contribution is -2.37. The van der Waals surface area contributed by atoms with Gasteiger partial charge in [-0.15, -0.1) is 0 Å². The second kappa shape index (κ2) is 8.34. The second-order valence-corrected chi connectivity index (χ2v) is 9.11. The number of carbonyl (C=O) groups excluding carboxylic acids is 2. The number of methoxy groups -OCH3 is 1. The maximum atomic E-state index is 13.1. The molecule has 3 aromatic rings. The first-order chi connectivity index (χ1) is 15.5. The summed E-state index contributed by atoms with van der Waals surface area (Å²) < 4.78 is 5.39. The van der Waals surface area contributed by atoms with Crippen molar-refractivity contribution in [3.05, 3.63) is 59.8 Å². The number of H-pyrrole nitrogens is 1. The summed E-state index contributed by atoms with van der Waals surface area (Å²) in [6.45, 7) is 3.52. The minimum Gasteiger partial charge on any atom is -0.497 e. The number of hydrogen-bond acceptors (Lipinski definition) is 3. The van der Waals surface area contributed by atoms with E-state index < -0.39 is 0 Å². The lowest BCUT2D eigenvalue weighted by Gasteiger charge is -2.32. The van der Waals surface area contributed by atoms with E-state index in [4.69, 9.17) is 4.74 Å². The zero-order valence-electron chi connectivity index (χ0n) is 18.6. The first-order valence-corrected chi connectivity index (χ1v) is 11.4. The molecule has 32 heavy (non-hydrogen) atoms. The molecule has 6 nitrogen and oxygen atoms in total. The number of hydrogen-bond donors (Lipinski definition) is 2. The number of amides is 2. The van der Waals surface area contributed by atoms with E-state index in [1.165, 1.54) is 10.9 Å². The van der Waals surface area contributed by atoms with Crippen LogP contribution in [0, 0.1) is 11.8 Å². The summed E-state index contributed by atoms with van der Waals surface area (Å²) >= 11 is 0. The average Bonchev–Trinajstić information content (AvgIpc) is 3.41. The van der Waals surface area contributed by atoms with Crippen molar-refractivity contribution in [1.82, 2.24) is 9.88 Å². The number of rotatable bonds is 5. The van der Waals surface area contributed by atoms with Crippen LogP contribution < -0.4 is 10.1 Å². The molecule has 1 aliphatic carbocycles. The normalized spacial score (nSPS) is 20.9. The Labute approximate surface area is 187 Å².